The lowest BCUT2D eigenvalue weighted by Crippen LogP contribution is -2.18. The van der Waals surface area contributed by atoms with Crippen LogP contribution in [0.5, 0.6) is 0 Å². The number of amides is 1. The van der Waals surface area contributed by atoms with Gasteiger partial charge in [0, 0.05) is 42.1 Å². The molecule has 0 spiro atoms. The fraction of sp³-hybridized carbons (Fsp3) is 0.0556. The summed E-state index contributed by atoms with van der Waals surface area (Å²) in [5.41, 5.74) is 2.06. The third-order valence-corrected chi connectivity index (χ3v) is 3.74. The summed E-state index contributed by atoms with van der Waals surface area (Å²) in [4.78, 5) is 33.7. The van der Waals surface area contributed by atoms with E-state index in [1.165, 1.54) is 35.0 Å². The molecule has 0 saturated carbocycles. The molecule has 8 nitrogen and oxygen atoms in total. The maximum Gasteiger partial charge on any atom is 0.269 e. The minimum absolute atomic E-state index is 0.0735. The van der Waals surface area contributed by atoms with Gasteiger partial charge in [0.15, 0.2) is 0 Å². The van der Waals surface area contributed by atoms with Gasteiger partial charge >= 0.3 is 0 Å². The number of hydrogen-bond donors (Lipinski definition) is 1. The first kappa shape index (κ1) is 17.0. The highest BCUT2D eigenvalue weighted by Gasteiger charge is 2.10. The molecule has 130 valence electrons. The fourth-order valence-corrected chi connectivity index (χ4v) is 2.32. The van der Waals surface area contributed by atoms with Crippen molar-refractivity contribution in [2.75, 3.05) is 5.32 Å². The second-order valence-electron chi connectivity index (χ2n) is 5.52. The Kier molecular flexibility index (Phi) is 4.57. The van der Waals surface area contributed by atoms with Gasteiger partial charge in [-0.2, -0.15) is 5.10 Å². The lowest BCUT2D eigenvalue weighted by atomic mass is 10.1. The molecule has 2 aromatic carbocycles. The van der Waals surface area contributed by atoms with Crippen molar-refractivity contribution >= 4 is 17.3 Å². The van der Waals surface area contributed by atoms with E-state index >= 15 is 0 Å². The Balaban J connectivity index is 1.74. The maximum absolute atomic E-state index is 12.2. The van der Waals surface area contributed by atoms with E-state index in [9.17, 15) is 19.7 Å². The van der Waals surface area contributed by atoms with Gasteiger partial charge in [0.2, 0.25) is 0 Å². The van der Waals surface area contributed by atoms with Crippen molar-refractivity contribution in [1.29, 1.82) is 0 Å². The van der Waals surface area contributed by atoms with Crippen LogP contribution in [-0.2, 0) is 7.05 Å². The molecule has 0 fully saturated rings. The van der Waals surface area contributed by atoms with E-state index in [-0.39, 0.29) is 17.2 Å². The van der Waals surface area contributed by atoms with E-state index in [0.717, 1.165) is 5.56 Å². The minimum Gasteiger partial charge on any atom is -0.322 e. The first-order valence-corrected chi connectivity index (χ1v) is 7.64. The van der Waals surface area contributed by atoms with Gasteiger partial charge in [-0.25, -0.2) is 4.68 Å². The quantitative estimate of drug-likeness (QED) is 0.575. The average molecular weight is 350 g/mol. The molecule has 0 bridgehead atoms. The summed E-state index contributed by atoms with van der Waals surface area (Å²) in [5.74, 6) is -0.368. The number of carbonyl (C=O) groups is 1. The number of hydrogen-bond acceptors (Lipinski definition) is 5. The predicted molar refractivity (Wildman–Crippen MR) is 96.0 cm³/mol. The normalized spacial score (nSPS) is 10.3. The van der Waals surface area contributed by atoms with Crippen LogP contribution < -0.4 is 10.9 Å². The van der Waals surface area contributed by atoms with E-state index in [1.54, 1.807) is 37.4 Å². The molecule has 0 radical (unpaired) electrons. The molecule has 26 heavy (non-hydrogen) atoms. The number of carbonyl (C=O) groups excluding carboxylic acids is 1. The van der Waals surface area contributed by atoms with Crippen molar-refractivity contribution in [3.8, 4) is 11.3 Å². The molecule has 0 aliphatic heterocycles. The Bertz CT molecular complexity index is 1020. The smallest absolute Gasteiger partial charge is 0.269 e. The summed E-state index contributed by atoms with van der Waals surface area (Å²) >= 11 is 0. The molecule has 1 N–H and O–H groups in total. The average Bonchev–Trinajstić information content (AvgIpc) is 2.64. The Labute approximate surface area is 147 Å². The van der Waals surface area contributed by atoms with Crippen LogP contribution >= 0.6 is 0 Å². The van der Waals surface area contributed by atoms with E-state index in [1.807, 2.05) is 0 Å². The Morgan fingerprint density at radius 1 is 1.04 bits per heavy atom. The molecule has 0 aliphatic carbocycles. The SMILES string of the molecule is Cn1nc(-c2ccc(NC(=O)c3ccc([N+](=O)[O-])cc3)cc2)ccc1=O. The number of rotatable bonds is 4. The molecule has 0 aliphatic rings. The van der Waals surface area contributed by atoms with Gasteiger partial charge in [-0.05, 0) is 30.3 Å². The van der Waals surface area contributed by atoms with E-state index in [4.69, 9.17) is 0 Å². The van der Waals surface area contributed by atoms with Crippen molar-refractivity contribution in [3.63, 3.8) is 0 Å². The summed E-state index contributed by atoms with van der Waals surface area (Å²) < 4.78 is 1.25. The van der Waals surface area contributed by atoms with Crippen molar-refractivity contribution in [3.05, 3.63) is 86.7 Å². The van der Waals surface area contributed by atoms with E-state index in [0.29, 0.717) is 16.9 Å². The number of anilines is 1. The highest BCUT2D eigenvalue weighted by molar-refractivity contribution is 6.04. The van der Waals surface area contributed by atoms with Gasteiger partial charge in [-0.1, -0.05) is 12.1 Å². The number of non-ortho nitro benzene ring substituents is 1. The predicted octanol–water partition coefficient (Wildman–Crippen LogP) is 2.61. The molecular weight excluding hydrogens is 336 g/mol. The van der Waals surface area contributed by atoms with Gasteiger partial charge in [0.25, 0.3) is 17.2 Å². The molecule has 0 atom stereocenters. The summed E-state index contributed by atoms with van der Waals surface area (Å²) in [6, 6.07) is 15.4. The van der Waals surface area contributed by atoms with E-state index < -0.39 is 4.92 Å². The van der Waals surface area contributed by atoms with Crippen LogP contribution in [0.3, 0.4) is 0 Å². The first-order valence-electron chi connectivity index (χ1n) is 7.64. The van der Waals surface area contributed by atoms with Gasteiger partial charge in [-0.3, -0.25) is 19.7 Å². The summed E-state index contributed by atoms with van der Waals surface area (Å²) in [7, 11) is 1.57. The zero-order valence-corrected chi connectivity index (χ0v) is 13.7. The van der Waals surface area contributed by atoms with Gasteiger partial charge in [0.05, 0.1) is 10.6 Å². The van der Waals surface area contributed by atoms with E-state index in [2.05, 4.69) is 10.4 Å². The number of nitrogens with one attached hydrogen (secondary N) is 1. The third kappa shape index (κ3) is 3.64. The second kappa shape index (κ2) is 6.98. The Morgan fingerprint density at radius 3 is 2.27 bits per heavy atom. The minimum atomic E-state index is -0.520. The molecule has 0 unspecified atom stereocenters. The maximum atomic E-state index is 12.2. The Hall–Kier alpha value is -3.81. The zero-order valence-electron chi connectivity index (χ0n) is 13.7. The van der Waals surface area contributed by atoms with Crippen LogP contribution in [-0.4, -0.2) is 20.6 Å². The van der Waals surface area contributed by atoms with Crippen molar-refractivity contribution in [2.24, 2.45) is 7.05 Å². The van der Waals surface area contributed by atoms with Crippen LogP contribution in [0.1, 0.15) is 10.4 Å². The zero-order chi connectivity index (χ0) is 18.7. The molecule has 1 aromatic heterocycles. The monoisotopic (exact) mass is 350 g/mol. The summed E-state index contributed by atoms with van der Waals surface area (Å²) in [6.07, 6.45) is 0. The second-order valence-corrected chi connectivity index (χ2v) is 5.52. The molecule has 1 amide bonds. The largest absolute Gasteiger partial charge is 0.322 e. The molecule has 8 heteroatoms. The number of nitrogens with zero attached hydrogens (tertiary/aromatic N) is 3. The Morgan fingerprint density at radius 2 is 1.69 bits per heavy atom. The number of nitro benzene ring substituents is 1. The van der Waals surface area contributed by atoms with Gasteiger partial charge in [0.1, 0.15) is 0 Å². The molecule has 1 heterocycles. The first-order chi connectivity index (χ1) is 12.4. The van der Waals surface area contributed by atoms with Gasteiger partial charge in [-0.15, -0.1) is 0 Å². The lowest BCUT2D eigenvalue weighted by Gasteiger charge is -2.07. The van der Waals surface area contributed by atoms with Crippen LogP contribution in [0, 0.1) is 10.1 Å². The molecular formula is C18H14N4O4. The number of aryl methyl sites for hydroxylation is 1. The van der Waals surface area contributed by atoms with Crippen molar-refractivity contribution in [1.82, 2.24) is 9.78 Å². The van der Waals surface area contributed by atoms with Crippen LogP contribution in [0.15, 0.2) is 65.5 Å². The highest BCUT2D eigenvalue weighted by atomic mass is 16.6. The lowest BCUT2D eigenvalue weighted by molar-refractivity contribution is -0.384. The topological polar surface area (TPSA) is 107 Å². The number of nitro groups is 1. The van der Waals surface area contributed by atoms with Crippen molar-refractivity contribution in [2.45, 2.75) is 0 Å². The molecule has 3 rings (SSSR count). The summed E-state index contributed by atoms with van der Waals surface area (Å²) in [6.45, 7) is 0. The van der Waals surface area contributed by atoms with Crippen LogP contribution in [0.4, 0.5) is 11.4 Å². The molecule has 0 saturated heterocycles. The number of benzene rings is 2. The molecule has 3 aromatic rings. The fourth-order valence-electron chi connectivity index (χ4n) is 2.32. The third-order valence-electron chi connectivity index (χ3n) is 3.74. The van der Waals surface area contributed by atoms with Crippen LogP contribution in [0.25, 0.3) is 11.3 Å². The standard InChI is InChI=1S/C18H14N4O4/c1-21-17(23)11-10-16(20-21)12-2-6-14(7-3-12)19-18(24)13-4-8-15(9-5-13)22(25)26/h2-11H,1H3,(H,19,24). The van der Waals surface area contributed by atoms with Gasteiger partial charge < -0.3 is 5.32 Å². The highest BCUT2D eigenvalue weighted by Crippen LogP contribution is 2.19. The van der Waals surface area contributed by atoms with Crippen molar-refractivity contribution < 1.29 is 9.72 Å². The number of aromatic nitrogens is 2. The summed E-state index contributed by atoms with van der Waals surface area (Å²) in [5, 5.41) is 17.5. The van der Waals surface area contributed by atoms with Crippen LogP contribution in [0.2, 0.25) is 0 Å².